The molecular weight excluding hydrogens is 188 g/mol. The summed E-state index contributed by atoms with van der Waals surface area (Å²) < 4.78 is 0. The first-order valence-electron chi connectivity index (χ1n) is 3.74. The summed E-state index contributed by atoms with van der Waals surface area (Å²) in [5.41, 5.74) is 0. The molecule has 0 unspecified atom stereocenters. The normalized spacial score (nSPS) is 9.43. The number of hydrogen-bond acceptors (Lipinski definition) is 4. The summed E-state index contributed by atoms with van der Waals surface area (Å²) in [5.74, 6) is -1.65. The molecule has 0 saturated carbocycles. The average molecular weight is 200 g/mol. The molecule has 0 rings (SSSR count). The van der Waals surface area contributed by atoms with Gasteiger partial charge in [0.1, 0.15) is 0 Å². The van der Waals surface area contributed by atoms with Crippen molar-refractivity contribution in [1.82, 2.24) is 10.1 Å². The second-order valence-electron chi connectivity index (χ2n) is 2.41. The standard InChI is InChI=1S/C8H12N2O4/c1-4-7(11)9(13)6(3)10(14)8(12)5-2/h4-6,13-14H,1-2H2,3H3. The molecule has 0 aliphatic carbocycles. The summed E-state index contributed by atoms with van der Waals surface area (Å²) in [5, 5.41) is 18.6. The molecule has 6 heteroatoms. The van der Waals surface area contributed by atoms with Crippen LogP contribution in [-0.2, 0) is 9.59 Å². The Morgan fingerprint density at radius 1 is 1.14 bits per heavy atom. The lowest BCUT2D eigenvalue weighted by atomic mass is 10.4. The van der Waals surface area contributed by atoms with Crippen molar-refractivity contribution in [3.05, 3.63) is 25.3 Å². The average Bonchev–Trinajstić information content (AvgIpc) is 2.23. The van der Waals surface area contributed by atoms with Gasteiger partial charge in [-0.3, -0.25) is 20.0 Å². The van der Waals surface area contributed by atoms with E-state index in [1.807, 2.05) is 0 Å². The zero-order chi connectivity index (χ0) is 11.3. The number of rotatable bonds is 4. The molecule has 6 nitrogen and oxygen atoms in total. The van der Waals surface area contributed by atoms with Crippen LogP contribution in [0.4, 0.5) is 0 Å². The summed E-state index contributed by atoms with van der Waals surface area (Å²) in [6, 6.07) is 0. The minimum atomic E-state index is -1.20. The lowest BCUT2D eigenvalue weighted by Gasteiger charge is -2.27. The predicted octanol–water partition coefficient (Wildman–Crippen LogP) is 0.140. The van der Waals surface area contributed by atoms with Crippen molar-refractivity contribution in [3.63, 3.8) is 0 Å². The maximum atomic E-state index is 10.9. The molecule has 0 atom stereocenters. The highest BCUT2D eigenvalue weighted by Gasteiger charge is 2.23. The van der Waals surface area contributed by atoms with E-state index in [4.69, 9.17) is 10.4 Å². The van der Waals surface area contributed by atoms with Crippen molar-refractivity contribution in [2.24, 2.45) is 0 Å². The van der Waals surface area contributed by atoms with Crippen LogP contribution in [0.15, 0.2) is 25.3 Å². The van der Waals surface area contributed by atoms with Gasteiger partial charge in [0.05, 0.1) is 0 Å². The Kier molecular flexibility index (Phi) is 4.54. The van der Waals surface area contributed by atoms with Crippen LogP contribution in [-0.4, -0.2) is 38.5 Å². The van der Waals surface area contributed by atoms with Crippen LogP contribution in [0.5, 0.6) is 0 Å². The molecule has 2 N–H and O–H groups in total. The maximum Gasteiger partial charge on any atom is 0.271 e. The molecule has 0 radical (unpaired) electrons. The van der Waals surface area contributed by atoms with E-state index >= 15 is 0 Å². The van der Waals surface area contributed by atoms with Crippen molar-refractivity contribution >= 4 is 11.8 Å². The van der Waals surface area contributed by atoms with Crippen LogP contribution < -0.4 is 0 Å². The molecule has 0 heterocycles. The van der Waals surface area contributed by atoms with Crippen LogP contribution in [0.1, 0.15) is 6.92 Å². The van der Waals surface area contributed by atoms with Gasteiger partial charge in [-0.05, 0) is 19.1 Å². The third-order valence-corrected chi connectivity index (χ3v) is 1.51. The largest absolute Gasteiger partial charge is 0.284 e. The van der Waals surface area contributed by atoms with Gasteiger partial charge in [0.25, 0.3) is 11.8 Å². The van der Waals surface area contributed by atoms with Gasteiger partial charge >= 0.3 is 0 Å². The Labute approximate surface area is 81.3 Å². The zero-order valence-corrected chi connectivity index (χ0v) is 7.75. The Morgan fingerprint density at radius 2 is 1.43 bits per heavy atom. The SMILES string of the molecule is C=CC(=O)N(O)C(C)N(O)C(=O)C=C. The van der Waals surface area contributed by atoms with Crippen molar-refractivity contribution in [3.8, 4) is 0 Å². The molecule has 78 valence electrons. The third-order valence-electron chi connectivity index (χ3n) is 1.51. The van der Waals surface area contributed by atoms with Crippen molar-refractivity contribution in [2.75, 3.05) is 0 Å². The van der Waals surface area contributed by atoms with Gasteiger partial charge in [-0.25, -0.2) is 0 Å². The fourth-order valence-electron chi connectivity index (χ4n) is 0.659. The summed E-state index contributed by atoms with van der Waals surface area (Å²) >= 11 is 0. The first kappa shape index (κ1) is 12.3. The number of carbonyl (C=O) groups is 2. The molecule has 0 saturated heterocycles. The zero-order valence-electron chi connectivity index (χ0n) is 7.75. The van der Waals surface area contributed by atoms with Crippen LogP contribution in [0.25, 0.3) is 0 Å². The highest BCUT2D eigenvalue weighted by atomic mass is 16.6. The van der Waals surface area contributed by atoms with Gasteiger partial charge in [-0.15, -0.1) is 0 Å². The molecule has 0 fully saturated rings. The van der Waals surface area contributed by atoms with Crippen LogP contribution in [0.2, 0.25) is 0 Å². The minimum absolute atomic E-state index is 0.175. The number of nitrogens with zero attached hydrogens (tertiary/aromatic N) is 2. The molecule has 0 spiro atoms. The summed E-state index contributed by atoms with van der Waals surface area (Å²) in [7, 11) is 0. The molecule has 0 aliphatic heterocycles. The highest BCUT2D eigenvalue weighted by Crippen LogP contribution is 2.02. The Hall–Kier alpha value is -1.66. The summed E-state index contributed by atoms with van der Waals surface area (Å²) in [6.45, 7) is 7.52. The first-order chi connectivity index (χ1) is 6.45. The van der Waals surface area contributed by atoms with E-state index in [1.54, 1.807) is 0 Å². The minimum Gasteiger partial charge on any atom is -0.284 e. The van der Waals surface area contributed by atoms with Gasteiger partial charge in [0.15, 0.2) is 6.17 Å². The predicted molar refractivity (Wildman–Crippen MR) is 47.1 cm³/mol. The molecule has 14 heavy (non-hydrogen) atoms. The van der Waals surface area contributed by atoms with Crippen LogP contribution >= 0.6 is 0 Å². The topological polar surface area (TPSA) is 81.1 Å². The van der Waals surface area contributed by atoms with E-state index in [-0.39, 0.29) is 10.1 Å². The molecule has 0 aromatic rings. The monoisotopic (exact) mass is 200 g/mol. The maximum absolute atomic E-state index is 10.9. The van der Waals surface area contributed by atoms with E-state index in [0.717, 1.165) is 12.2 Å². The second-order valence-corrected chi connectivity index (χ2v) is 2.41. The van der Waals surface area contributed by atoms with E-state index in [2.05, 4.69) is 13.2 Å². The van der Waals surface area contributed by atoms with Gasteiger partial charge in [-0.2, -0.15) is 10.1 Å². The van der Waals surface area contributed by atoms with Gasteiger partial charge in [0, 0.05) is 0 Å². The summed E-state index contributed by atoms with van der Waals surface area (Å²) in [6.07, 6.45) is 0.497. The number of hydroxylamine groups is 4. The molecule has 0 aromatic heterocycles. The van der Waals surface area contributed by atoms with Crippen molar-refractivity contribution < 1.29 is 20.0 Å². The smallest absolute Gasteiger partial charge is 0.271 e. The van der Waals surface area contributed by atoms with E-state index in [0.29, 0.717) is 0 Å². The fraction of sp³-hybridized carbons (Fsp3) is 0.250. The number of carbonyl (C=O) groups excluding carboxylic acids is 2. The quantitative estimate of drug-likeness (QED) is 0.293. The fourth-order valence-corrected chi connectivity index (χ4v) is 0.659. The molecule has 0 aromatic carbocycles. The molecule has 0 bridgehead atoms. The highest BCUT2D eigenvalue weighted by molar-refractivity contribution is 5.88. The van der Waals surface area contributed by atoms with E-state index in [1.165, 1.54) is 6.92 Å². The third kappa shape index (κ3) is 2.68. The van der Waals surface area contributed by atoms with E-state index in [9.17, 15) is 9.59 Å². The van der Waals surface area contributed by atoms with Crippen molar-refractivity contribution in [2.45, 2.75) is 13.1 Å². The summed E-state index contributed by atoms with van der Waals surface area (Å²) in [4.78, 5) is 21.7. The molecule has 2 amide bonds. The number of amides is 2. The molecular formula is C8H12N2O4. The number of hydrogen-bond donors (Lipinski definition) is 2. The van der Waals surface area contributed by atoms with Gasteiger partial charge in [-0.1, -0.05) is 13.2 Å². The second kappa shape index (κ2) is 5.15. The van der Waals surface area contributed by atoms with Crippen LogP contribution in [0, 0.1) is 0 Å². The lowest BCUT2D eigenvalue weighted by Crippen LogP contribution is -2.47. The lowest BCUT2D eigenvalue weighted by molar-refractivity contribution is -0.232. The Balaban J connectivity index is 4.52. The Morgan fingerprint density at radius 3 is 1.64 bits per heavy atom. The van der Waals surface area contributed by atoms with Crippen molar-refractivity contribution in [1.29, 1.82) is 0 Å². The molecule has 0 aliphatic rings. The first-order valence-corrected chi connectivity index (χ1v) is 3.74. The van der Waals surface area contributed by atoms with Crippen LogP contribution in [0.3, 0.4) is 0 Å². The van der Waals surface area contributed by atoms with Gasteiger partial charge in [0.2, 0.25) is 0 Å². The van der Waals surface area contributed by atoms with Gasteiger partial charge < -0.3 is 0 Å². The van der Waals surface area contributed by atoms with E-state index < -0.39 is 18.0 Å². The Bertz CT molecular complexity index is 238.